The molecule has 0 bridgehead atoms. The van der Waals surface area contributed by atoms with Crippen LogP contribution in [-0.2, 0) is 27.3 Å². The molecule has 2 rings (SSSR count). The van der Waals surface area contributed by atoms with Crippen molar-refractivity contribution in [1.82, 2.24) is 25.4 Å². The molecule has 0 spiro atoms. The number of primary amides is 1. The summed E-state index contributed by atoms with van der Waals surface area (Å²) in [5.74, 6) is 0.508. The number of thioether (sulfide) groups is 1. The van der Waals surface area contributed by atoms with Crippen LogP contribution in [0.25, 0.3) is 0 Å². The van der Waals surface area contributed by atoms with Gasteiger partial charge < -0.3 is 25.7 Å². The molecular weight excluding hydrogens is 408 g/mol. The third-order valence-electron chi connectivity index (χ3n) is 4.43. The number of aromatic nitrogens is 3. The van der Waals surface area contributed by atoms with Crippen molar-refractivity contribution in [2.75, 3.05) is 12.4 Å². The topological polar surface area (TPSA) is 141 Å². The Morgan fingerprint density at radius 3 is 2.63 bits per heavy atom. The lowest BCUT2D eigenvalue weighted by atomic mass is 10.0. The second-order valence-corrected chi connectivity index (χ2v) is 8.27. The van der Waals surface area contributed by atoms with Crippen LogP contribution in [0.15, 0.2) is 16.4 Å². The van der Waals surface area contributed by atoms with Gasteiger partial charge in [0.05, 0.1) is 18.2 Å². The Morgan fingerprint density at radius 2 is 2.03 bits per heavy atom. The highest BCUT2D eigenvalue weighted by Gasteiger charge is 2.31. The number of aryl methyl sites for hydroxylation is 1. The number of carbonyl (C=O) groups excluding carboxylic acids is 3. The van der Waals surface area contributed by atoms with Crippen molar-refractivity contribution in [3.8, 4) is 0 Å². The van der Waals surface area contributed by atoms with Crippen molar-refractivity contribution >= 4 is 29.7 Å². The molecule has 1 aliphatic rings. The van der Waals surface area contributed by atoms with Gasteiger partial charge in [-0.3, -0.25) is 4.79 Å². The highest BCUT2D eigenvalue weighted by Crippen LogP contribution is 2.25. The van der Waals surface area contributed by atoms with Crippen LogP contribution in [0.2, 0.25) is 0 Å². The first-order chi connectivity index (χ1) is 14.3. The summed E-state index contributed by atoms with van der Waals surface area (Å²) in [6.45, 7) is 8.71. The van der Waals surface area contributed by atoms with Gasteiger partial charge >= 0.3 is 12.0 Å². The third kappa shape index (κ3) is 6.22. The molecule has 1 aromatic heterocycles. The first kappa shape index (κ1) is 23.7. The second kappa shape index (κ2) is 11.0. The quantitative estimate of drug-likeness (QED) is 0.350. The zero-order valence-electron chi connectivity index (χ0n) is 17.9. The van der Waals surface area contributed by atoms with Gasteiger partial charge in [0.15, 0.2) is 5.16 Å². The van der Waals surface area contributed by atoms with E-state index in [9.17, 15) is 14.4 Å². The van der Waals surface area contributed by atoms with E-state index >= 15 is 0 Å². The van der Waals surface area contributed by atoms with E-state index in [2.05, 4.69) is 34.7 Å². The normalized spacial score (nSPS) is 16.4. The number of urea groups is 1. The average Bonchev–Trinajstić information content (AvgIpc) is 3.05. The number of nitrogens with one attached hydrogen (secondary N) is 2. The van der Waals surface area contributed by atoms with Gasteiger partial charge in [-0.25, -0.2) is 9.59 Å². The molecule has 166 valence electrons. The standard InChI is InChI=1S/C19H30N6O4S/c1-5-12-16(17(27)29-6-2)13(22-18(28)21-12)10-30-19-24-23-15(8-7-14(20)26)25(19)9-11(3)4/h11-12H,5-10H2,1-4H3,(H2,20,26)(H2,21,22,28)/t12-/m1/s1. The number of nitrogens with two attached hydrogens (primary N) is 1. The van der Waals surface area contributed by atoms with E-state index in [-0.39, 0.29) is 19.1 Å². The SMILES string of the molecule is CCOC(=O)C1=C(CSc2nnc(CCC(N)=O)n2CC(C)C)NC(=O)N[C@@H]1CC. The van der Waals surface area contributed by atoms with Crippen molar-refractivity contribution in [3.05, 3.63) is 17.1 Å². The van der Waals surface area contributed by atoms with Crippen LogP contribution in [-0.4, -0.2) is 51.1 Å². The van der Waals surface area contributed by atoms with Gasteiger partial charge in [0.2, 0.25) is 5.91 Å². The summed E-state index contributed by atoms with van der Waals surface area (Å²) >= 11 is 1.37. The summed E-state index contributed by atoms with van der Waals surface area (Å²) in [5.41, 5.74) is 6.20. The number of rotatable bonds is 11. The minimum absolute atomic E-state index is 0.193. The van der Waals surface area contributed by atoms with Gasteiger partial charge in [-0.1, -0.05) is 32.5 Å². The largest absolute Gasteiger partial charge is 0.463 e. The van der Waals surface area contributed by atoms with Gasteiger partial charge in [0.1, 0.15) is 5.82 Å². The van der Waals surface area contributed by atoms with E-state index in [1.807, 2.05) is 11.5 Å². The smallest absolute Gasteiger partial charge is 0.337 e. The monoisotopic (exact) mass is 438 g/mol. The minimum Gasteiger partial charge on any atom is -0.463 e. The molecule has 1 aromatic rings. The van der Waals surface area contributed by atoms with Crippen molar-refractivity contribution in [2.45, 2.75) is 64.7 Å². The van der Waals surface area contributed by atoms with Crippen molar-refractivity contribution in [3.63, 3.8) is 0 Å². The van der Waals surface area contributed by atoms with Crippen LogP contribution in [0.4, 0.5) is 4.79 Å². The van der Waals surface area contributed by atoms with Crippen LogP contribution in [0.1, 0.15) is 46.4 Å². The average molecular weight is 439 g/mol. The maximum atomic E-state index is 12.5. The van der Waals surface area contributed by atoms with Crippen molar-refractivity contribution < 1.29 is 19.1 Å². The fourth-order valence-electron chi connectivity index (χ4n) is 3.11. The first-order valence-corrected chi connectivity index (χ1v) is 11.1. The van der Waals surface area contributed by atoms with Crippen molar-refractivity contribution in [2.24, 2.45) is 11.7 Å². The van der Waals surface area contributed by atoms with Crippen LogP contribution in [0.5, 0.6) is 0 Å². The zero-order chi connectivity index (χ0) is 22.3. The van der Waals surface area contributed by atoms with Crippen LogP contribution >= 0.6 is 11.8 Å². The predicted molar refractivity (Wildman–Crippen MR) is 113 cm³/mol. The summed E-state index contributed by atoms with van der Waals surface area (Å²) in [6.07, 6.45) is 1.17. The number of carbonyl (C=O) groups is 3. The molecule has 0 radical (unpaired) electrons. The molecule has 1 aliphatic heterocycles. The molecule has 10 nitrogen and oxygen atoms in total. The molecule has 0 saturated heterocycles. The molecule has 0 aliphatic carbocycles. The molecule has 0 aromatic carbocycles. The zero-order valence-corrected chi connectivity index (χ0v) is 18.7. The van der Waals surface area contributed by atoms with Gasteiger partial charge in [0, 0.05) is 30.8 Å². The van der Waals surface area contributed by atoms with Crippen LogP contribution in [0, 0.1) is 5.92 Å². The summed E-state index contributed by atoms with van der Waals surface area (Å²) in [5, 5.41) is 14.6. The highest BCUT2D eigenvalue weighted by molar-refractivity contribution is 7.99. The Labute approximate surface area is 180 Å². The number of hydrogen-bond donors (Lipinski definition) is 3. The molecular formula is C19H30N6O4S. The van der Waals surface area contributed by atoms with E-state index in [0.717, 1.165) is 0 Å². The van der Waals surface area contributed by atoms with Gasteiger partial charge in [-0.2, -0.15) is 0 Å². The van der Waals surface area contributed by atoms with E-state index in [0.29, 0.717) is 53.3 Å². The lowest BCUT2D eigenvalue weighted by Crippen LogP contribution is -2.50. The Hall–Kier alpha value is -2.56. The number of esters is 1. The molecule has 0 fully saturated rings. The summed E-state index contributed by atoms with van der Waals surface area (Å²) in [7, 11) is 0. The van der Waals surface area contributed by atoms with Gasteiger partial charge in [0.25, 0.3) is 0 Å². The summed E-state index contributed by atoms with van der Waals surface area (Å²) in [6, 6.07) is -0.760. The van der Waals surface area contributed by atoms with Crippen LogP contribution in [0.3, 0.4) is 0 Å². The molecule has 3 amide bonds. The van der Waals surface area contributed by atoms with Crippen LogP contribution < -0.4 is 16.4 Å². The lowest BCUT2D eigenvalue weighted by Gasteiger charge is -2.28. The molecule has 0 saturated carbocycles. The van der Waals surface area contributed by atoms with E-state index in [4.69, 9.17) is 10.5 Å². The fraction of sp³-hybridized carbons (Fsp3) is 0.632. The van der Waals surface area contributed by atoms with E-state index in [1.54, 1.807) is 6.92 Å². The lowest BCUT2D eigenvalue weighted by molar-refractivity contribution is -0.139. The summed E-state index contributed by atoms with van der Waals surface area (Å²) in [4.78, 5) is 35.7. The van der Waals surface area contributed by atoms with Crippen molar-refractivity contribution in [1.29, 1.82) is 0 Å². The number of ether oxygens (including phenoxy) is 1. The molecule has 30 heavy (non-hydrogen) atoms. The predicted octanol–water partition coefficient (Wildman–Crippen LogP) is 1.35. The Morgan fingerprint density at radius 1 is 1.30 bits per heavy atom. The Balaban J connectivity index is 2.28. The molecule has 4 N–H and O–H groups in total. The molecule has 0 unspecified atom stereocenters. The second-order valence-electron chi connectivity index (χ2n) is 7.33. The van der Waals surface area contributed by atoms with E-state index < -0.39 is 17.9 Å². The maximum Gasteiger partial charge on any atom is 0.337 e. The molecule has 11 heteroatoms. The fourth-order valence-corrected chi connectivity index (χ4v) is 4.04. The minimum atomic E-state index is -0.446. The first-order valence-electron chi connectivity index (χ1n) is 10.1. The molecule has 1 atom stereocenters. The van der Waals surface area contributed by atoms with Gasteiger partial charge in [-0.15, -0.1) is 10.2 Å². The Kier molecular flexibility index (Phi) is 8.70. The Bertz CT molecular complexity index is 820. The highest BCUT2D eigenvalue weighted by atomic mass is 32.2. The number of hydrogen-bond acceptors (Lipinski definition) is 7. The molecule has 2 heterocycles. The number of amides is 3. The maximum absolute atomic E-state index is 12.5. The third-order valence-corrected chi connectivity index (χ3v) is 5.42. The van der Waals surface area contributed by atoms with Gasteiger partial charge in [-0.05, 0) is 19.3 Å². The van der Waals surface area contributed by atoms with E-state index in [1.165, 1.54) is 11.8 Å². The summed E-state index contributed by atoms with van der Waals surface area (Å²) < 4.78 is 7.15. The number of nitrogens with zero attached hydrogens (tertiary/aromatic N) is 3.